The normalized spacial score (nSPS) is 16.4. The fourth-order valence-electron chi connectivity index (χ4n) is 2.16. The summed E-state index contributed by atoms with van der Waals surface area (Å²) in [7, 11) is 1.46. The second-order valence-electron chi connectivity index (χ2n) is 4.39. The Bertz CT molecular complexity index is 558. The first-order chi connectivity index (χ1) is 9.54. The largest absolute Gasteiger partial charge is 0.480 e. The zero-order valence-corrected chi connectivity index (χ0v) is 10.9. The van der Waals surface area contributed by atoms with Gasteiger partial charge in [-0.25, -0.2) is 9.59 Å². The van der Waals surface area contributed by atoms with Gasteiger partial charge in [0, 0.05) is 19.2 Å². The maximum atomic E-state index is 12.1. The number of para-hydroxylation sites is 1. The summed E-state index contributed by atoms with van der Waals surface area (Å²) in [5, 5.41) is 14.0. The number of carboxylic acids is 1. The Labute approximate surface area is 115 Å². The van der Waals surface area contributed by atoms with Crippen LogP contribution in [0.25, 0.3) is 0 Å². The molecule has 20 heavy (non-hydrogen) atoms. The van der Waals surface area contributed by atoms with Crippen molar-refractivity contribution >= 4 is 23.6 Å². The lowest BCUT2D eigenvalue weighted by molar-refractivity contribution is -0.138. The minimum Gasteiger partial charge on any atom is -0.480 e. The van der Waals surface area contributed by atoms with Crippen molar-refractivity contribution in [3.05, 3.63) is 29.8 Å². The summed E-state index contributed by atoms with van der Waals surface area (Å²) in [6, 6.07) is 5.48. The number of anilines is 1. The Morgan fingerprint density at radius 1 is 1.35 bits per heavy atom. The second kappa shape index (κ2) is 5.60. The number of carboxylic acid groups (broad SMARTS) is 1. The van der Waals surface area contributed by atoms with E-state index in [0.29, 0.717) is 5.69 Å². The molecule has 3 amide bonds. The molecule has 1 unspecified atom stereocenters. The van der Waals surface area contributed by atoms with E-state index in [1.807, 2.05) is 0 Å². The molecule has 0 aliphatic carbocycles. The predicted octanol–water partition coefficient (Wildman–Crippen LogP) is -0.0421. The van der Waals surface area contributed by atoms with Gasteiger partial charge in [0.1, 0.15) is 6.04 Å². The van der Waals surface area contributed by atoms with Crippen LogP contribution in [-0.4, -0.2) is 42.6 Å². The van der Waals surface area contributed by atoms with E-state index in [0.717, 1.165) is 5.56 Å². The van der Waals surface area contributed by atoms with Crippen molar-refractivity contribution < 1.29 is 19.5 Å². The molecular weight excluding hydrogens is 262 g/mol. The van der Waals surface area contributed by atoms with E-state index in [1.54, 1.807) is 24.3 Å². The van der Waals surface area contributed by atoms with Gasteiger partial charge in [-0.05, 0) is 11.6 Å². The lowest BCUT2D eigenvalue weighted by atomic mass is 10.1. The van der Waals surface area contributed by atoms with Crippen LogP contribution in [0.5, 0.6) is 0 Å². The van der Waals surface area contributed by atoms with Crippen molar-refractivity contribution in [3.63, 3.8) is 0 Å². The van der Waals surface area contributed by atoms with Crippen LogP contribution in [-0.2, 0) is 16.0 Å². The number of fused-ring (bicyclic) bond motifs is 1. The Hall–Kier alpha value is -2.57. The summed E-state index contributed by atoms with van der Waals surface area (Å²) in [6.07, 6.45) is 0.263. The van der Waals surface area contributed by atoms with E-state index in [9.17, 15) is 19.5 Å². The third kappa shape index (κ3) is 2.56. The number of carbonyl (C=O) groups is 3. The van der Waals surface area contributed by atoms with Gasteiger partial charge in [0.2, 0.25) is 5.91 Å². The highest BCUT2D eigenvalue weighted by Gasteiger charge is 2.38. The average molecular weight is 277 g/mol. The van der Waals surface area contributed by atoms with E-state index < -0.39 is 18.0 Å². The molecular formula is C13H15N3O4. The molecule has 1 aliphatic heterocycles. The monoisotopic (exact) mass is 277 g/mol. The van der Waals surface area contributed by atoms with Crippen LogP contribution in [0.4, 0.5) is 10.5 Å². The number of amides is 3. The number of carbonyl (C=O) groups excluding carboxylic acids is 2. The van der Waals surface area contributed by atoms with Crippen molar-refractivity contribution in [1.82, 2.24) is 10.6 Å². The molecule has 0 fully saturated rings. The molecule has 0 radical (unpaired) electrons. The number of nitrogens with zero attached hydrogens (tertiary/aromatic N) is 1. The van der Waals surface area contributed by atoms with Crippen LogP contribution in [0.15, 0.2) is 24.3 Å². The lowest BCUT2D eigenvalue weighted by Gasteiger charge is -2.22. The van der Waals surface area contributed by atoms with Gasteiger partial charge in [0.15, 0.2) is 0 Å². The molecule has 7 heteroatoms. The number of likely N-dealkylation sites (N-methyl/N-ethyl adjacent to an activating group) is 1. The van der Waals surface area contributed by atoms with Crippen LogP contribution in [0, 0.1) is 0 Å². The topological polar surface area (TPSA) is 98.7 Å². The van der Waals surface area contributed by atoms with E-state index in [-0.39, 0.29) is 18.9 Å². The fourth-order valence-corrected chi connectivity index (χ4v) is 2.16. The standard InChI is InChI=1S/C13H15N3O4/c1-14-11(17)7-15-13(20)16-9-5-3-2-4-8(9)6-10(16)12(18)19/h2-5,10H,6-7H2,1H3,(H,14,17)(H,15,20)(H,18,19). The Morgan fingerprint density at radius 2 is 2.05 bits per heavy atom. The maximum Gasteiger partial charge on any atom is 0.327 e. The van der Waals surface area contributed by atoms with Crippen molar-refractivity contribution in [2.24, 2.45) is 0 Å². The second-order valence-corrected chi connectivity index (χ2v) is 4.39. The quantitative estimate of drug-likeness (QED) is 0.721. The first-order valence-corrected chi connectivity index (χ1v) is 6.13. The van der Waals surface area contributed by atoms with Crippen molar-refractivity contribution in [1.29, 1.82) is 0 Å². The molecule has 1 atom stereocenters. The summed E-state index contributed by atoms with van der Waals surface area (Å²) in [5.41, 5.74) is 1.37. The minimum absolute atomic E-state index is 0.194. The summed E-state index contributed by atoms with van der Waals surface area (Å²) >= 11 is 0. The molecule has 1 aromatic carbocycles. The van der Waals surface area contributed by atoms with E-state index in [1.165, 1.54) is 11.9 Å². The van der Waals surface area contributed by atoms with Crippen LogP contribution < -0.4 is 15.5 Å². The third-order valence-electron chi connectivity index (χ3n) is 3.16. The number of hydrogen-bond acceptors (Lipinski definition) is 3. The Balaban J connectivity index is 2.20. The van der Waals surface area contributed by atoms with Gasteiger partial charge in [-0.3, -0.25) is 9.69 Å². The smallest absolute Gasteiger partial charge is 0.327 e. The predicted molar refractivity (Wildman–Crippen MR) is 71.5 cm³/mol. The highest BCUT2D eigenvalue weighted by atomic mass is 16.4. The fraction of sp³-hybridized carbons (Fsp3) is 0.308. The van der Waals surface area contributed by atoms with Gasteiger partial charge in [-0.2, -0.15) is 0 Å². The third-order valence-corrected chi connectivity index (χ3v) is 3.16. The zero-order chi connectivity index (χ0) is 14.7. The number of benzene rings is 1. The number of nitrogens with one attached hydrogen (secondary N) is 2. The number of hydrogen-bond donors (Lipinski definition) is 3. The molecule has 1 aliphatic rings. The van der Waals surface area contributed by atoms with Gasteiger partial charge in [0.25, 0.3) is 0 Å². The van der Waals surface area contributed by atoms with Crippen molar-refractivity contribution in [2.45, 2.75) is 12.5 Å². The summed E-state index contributed by atoms with van der Waals surface area (Å²) in [6.45, 7) is -0.194. The van der Waals surface area contributed by atoms with E-state index >= 15 is 0 Å². The minimum atomic E-state index is -1.07. The SMILES string of the molecule is CNC(=O)CNC(=O)N1c2ccccc2CC1C(=O)O. The van der Waals surface area contributed by atoms with Crippen LogP contribution >= 0.6 is 0 Å². The van der Waals surface area contributed by atoms with Gasteiger partial charge in [0.05, 0.1) is 6.54 Å². The molecule has 0 saturated carbocycles. The van der Waals surface area contributed by atoms with E-state index in [2.05, 4.69) is 10.6 Å². The highest BCUT2D eigenvalue weighted by molar-refractivity contribution is 6.02. The summed E-state index contributed by atoms with van der Waals surface area (Å²) in [4.78, 5) is 35.7. The average Bonchev–Trinajstić information content (AvgIpc) is 2.84. The number of aliphatic carboxylic acids is 1. The summed E-state index contributed by atoms with van der Waals surface area (Å²) in [5.74, 6) is -1.42. The zero-order valence-electron chi connectivity index (χ0n) is 10.9. The molecule has 2 rings (SSSR count). The molecule has 106 valence electrons. The molecule has 1 aromatic rings. The van der Waals surface area contributed by atoms with Gasteiger partial charge in [-0.1, -0.05) is 18.2 Å². The van der Waals surface area contributed by atoms with Crippen molar-refractivity contribution in [3.8, 4) is 0 Å². The highest BCUT2D eigenvalue weighted by Crippen LogP contribution is 2.31. The number of urea groups is 1. The van der Waals surface area contributed by atoms with Crippen LogP contribution in [0.2, 0.25) is 0 Å². The van der Waals surface area contributed by atoms with Crippen molar-refractivity contribution in [2.75, 3.05) is 18.5 Å². The maximum absolute atomic E-state index is 12.1. The van der Waals surface area contributed by atoms with Crippen LogP contribution in [0.3, 0.4) is 0 Å². The Kier molecular flexibility index (Phi) is 3.88. The van der Waals surface area contributed by atoms with Gasteiger partial charge < -0.3 is 15.7 Å². The summed E-state index contributed by atoms with van der Waals surface area (Å²) < 4.78 is 0. The molecule has 3 N–H and O–H groups in total. The lowest BCUT2D eigenvalue weighted by Crippen LogP contribution is -2.49. The molecule has 0 bridgehead atoms. The number of rotatable bonds is 3. The van der Waals surface area contributed by atoms with Crippen LogP contribution in [0.1, 0.15) is 5.56 Å². The van der Waals surface area contributed by atoms with E-state index in [4.69, 9.17) is 0 Å². The molecule has 0 spiro atoms. The Morgan fingerprint density at radius 3 is 2.70 bits per heavy atom. The van der Waals surface area contributed by atoms with Gasteiger partial charge in [-0.15, -0.1) is 0 Å². The molecule has 1 heterocycles. The molecule has 0 aromatic heterocycles. The molecule has 7 nitrogen and oxygen atoms in total. The first kappa shape index (κ1) is 13.9. The van der Waals surface area contributed by atoms with Gasteiger partial charge >= 0.3 is 12.0 Å². The first-order valence-electron chi connectivity index (χ1n) is 6.13. The molecule has 0 saturated heterocycles.